The molecule has 1 aliphatic heterocycles. The molecule has 0 aromatic heterocycles. The van der Waals surface area contributed by atoms with Crippen LogP contribution in [0.25, 0.3) is 0 Å². The van der Waals surface area contributed by atoms with Crippen molar-refractivity contribution >= 4 is 5.78 Å². The van der Waals surface area contributed by atoms with Crippen molar-refractivity contribution < 1.29 is 14.3 Å². The molecule has 1 aliphatic rings. The molecule has 20 heavy (non-hydrogen) atoms. The summed E-state index contributed by atoms with van der Waals surface area (Å²) in [5.74, 6) is 1.57. The topological polar surface area (TPSA) is 38.8 Å². The van der Waals surface area contributed by atoms with Gasteiger partial charge < -0.3 is 9.47 Å². The maximum atomic E-state index is 12.8. The first-order valence-electron chi connectivity index (χ1n) is 7.39. The second-order valence-electron chi connectivity index (χ2n) is 4.96. The number of carbonyl (C=O) groups is 1. The number of rotatable bonds is 7. The number of ether oxygens (including phenoxy) is 2. The minimum atomic E-state index is -0.0460. The third kappa shape index (κ3) is 2.96. The molecule has 0 fully saturated rings. The minimum Gasteiger partial charge on any atom is -0.454 e. The van der Waals surface area contributed by atoms with Crippen LogP contribution in [0.5, 0.6) is 11.5 Å². The number of hydrogen-bond donors (Lipinski definition) is 0. The highest BCUT2D eigenvalue weighted by molar-refractivity contribution is 6.00. The Balaban J connectivity index is 2.22. The van der Waals surface area contributed by atoms with Crippen LogP contribution < -0.4 is 9.47 Å². The molecule has 0 aliphatic carbocycles. The van der Waals surface area contributed by atoms with Crippen molar-refractivity contribution in [1.82, 2.24) is 4.90 Å². The van der Waals surface area contributed by atoms with E-state index in [2.05, 4.69) is 25.7 Å². The van der Waals surface area contributed by atoms with Crippen molar-refractivity contribution in [2.45, 2.75) is 39.7 Å². The molecule has 0 unspecified atom stereocenters. The standard InChI is InChI=1S/C16H23NO3/c1-4-7-13(17(5-2)6-3)16(18)12-8-9-14-15(10-12)20-11-19-14/h8-10,13H,4-7,11H2,1-3H3/t13-/m0/s1. The molecule has 4 heteroatoms. The lowest BCUT2D eigenvalue weighted by Gasteiger charge is -2.28. The average Bonchev–Trinajstić information content (AvgIpc) is 2.94. The van der Waals surface area contributed by atoms with Gasteiger partial charge in [0.1, 0.15) is 0 Å². The molecule has 2 rings (SSSR count). The van der Waals surface area contributed by atoms with E-state index in [1.165, 1.54) is 0 Å². The fraction of sp³-hybridized carbons (Fsp3) is 0.562. The summed E-state index contributed by atoms with van der Waals surface area (Å²) in [5, 5.41) is 0. The molecule has 0 N–H and O–H groups in total. The van der Waals surface area contributed by atoms with E-state index in [0.29, 0.717) is 11.3 Å². The SMILES string of the molecule is CCC[C@@H](C(=O)c1ccc2c(c1)OCO2)N(CC)CC. The Morgan fingerprint density at radius 1 is 1.20 bits per heavy atom. The summed E-state index contributed by atoms with van der Waals surface area (Å²) < 4.78 is 10.6. The predicted molar refractivity (Wildman–Crippen MR) is 78.5 cm³/mol. The molecule has 110 valence electrons. The highest BCUT2D eigenvalue weighted by Crippen LogP contribution is 2.33. The third-order valence-corrected chi connectivity index (χ3v) is 3.77. The van der Waals surface area contributed by atoms with Gasteiger partial charge in [0.05, 0.1) is 6.04 Å². The summed E-state index contributed by atoms with van der Waals surface area (Å²) >= 11 is 0. The summed E-state index contributed by atoms with van der Waals surface area (Å²) in [6, 6.07) is 5.41. The molecule has 0 amide bonds. The maximum Gasteiger partial charge on any atom is 0.231 e. The Kier molecular flexibility index (Phi) is 5.01. The van der Waals surface area contributed by atoms with E-state index < -0.39 is 0 Å². The van der Waals surface area contributed by atoms with E-state index in [0.717, 1.165) is 31.7 Å². The number of likely N-dealkylation sites (N-methyl/N-ethyl adjacent to an activating group) is 1. The molecule has 0 saturated carbocycles. The van der Waals surface area contributed by atoms with Crippen LogP contribution in [0.3, 0.4) is 0 Å². The number of carbonyl (C=O) groups excluding carboxylic acids is 1. The zero-order valence-electron chi connectivity index (χ0n) is 12.5. The van der Waals surface area contributed by atoms with Crippen molar-refractivity contribution in [3.63, 3.8) is 0 Å². The van der Waals surface area contributed by atoms with E-state index in [9.17, 15) is 4.79 Å². The molecule has 0 saturated heterocycles. The molecule has 1 atom stereocenters. The minimum absolute atomic E-state index is 0.0460. The molecule has 1 aromatic carbocycles. The molecule has 0 bridgehead atoms. The van der Waals surface area contributed by atoms with Gasteiger partial charge in [-0.15, -0.1) is 0 Å². The first-order chi connectivity index (χ1) is 9.71. The van der Waals surface area contributed by atoms with Gasteiger partial charge >= 0.3 is 0 Å². The normalized spacial score (nSPS) is 14.6. The molecular weight excluding hydrogens is 254 g/mol. The molecular formula is C16H23NO3. The van der Waals surface area contributed by atoms with Gasteiger partial charge in [0, 0.05) is 5.56 Å². The number of Topliss-reactive ketones (excluding diaryl/α,β-unsaturated/α-hetero) is 1. The zero-order valence-corrected chi connectivity index (χ0v) is 12.5. The lowest BCUT2D eigenvalue weighted by atomic mass is 9.98. The molecule has 0 spiro atoms. The van der Waals surface area contributed by atoms with Crippen LogP contribution in [0.4, 0.5) is 0 Å². The van der Waals surface area contributed by atoms with Crippen LogP contribution in [-0.2, 0) is 0 Å². The van der Waals surface area contributed by atoms with Crippen molar-refractivity contribution in [3.8, 4) is 11.5 Å². The number of hydrogen-bond acceptors (Lipinski definition) is 4. The number of ketones is 1. The summed E-state index contributed by atoms with van der Waals surface area (Å²) in [5.41, 5.74) is 0.708. The predicted octanol–water partition coefficient (Wildman–Crippen LogP) is 3.11. The molecule has 0 radical (unpaired) electrons. The summed E-state index contributed by atoms with van der Waals surface area (Å²) in [4.78, 5) is 15.0. The van der Waals surface area contributed by atoms with Crippen molar-refractivity contribution in [2.24, 2.45) is 0 Å². The number of benzene rings is 1. The van der Waals surface area contributed by atoms with Crippen LogP contribution in [0.15, 0.2) is 18.2 Å². The largest absolute Gasteiger partial charge is 0.454 e. The lowest BCUT2D eigenvalue weighted by Crippen LogP contribution is -2.41. The molecule has 1 aromatic rings. The zero-order chi connectivity index (χ0) is 14.5. The monoisotopic (exact) mass is 277 g/mol. The van der Waals surface area contributed by atoms with E-state index >= 15 is 0 Å². The molecule has 4 nitrogen and oxygen atoms in total. The van der Waals surface area contributed by atoms with Crippen molar-refractivity contribution in [3.05, 3.63) is 23.8 Å². The van der Waals surface area contributed by atoms with Gasteiger partial charge in [0.15, 0.2) is 17.3 Å². The van der Waals surface area contributed by atoms with Crippen molar-refractivity contribution in [1.29, 1.82) is 0 Å². The van der Waals surface area contributed by atoms with Gasteiger partial charge in [-0.2, -0.15) is 0 Å². The lowest BCUT2D eigenvalue weighted by molar-refractivity contribution is 0.0818. The third-order valence-electron chi connectivity index (χ3n) is 3.77. The van der Waals surface area contributed by atoms with Gasteiger partial charge in [0.25, 0.3) is 0 Å². The van der Waals surface area contributed by atoms with Gasteiger partial charge in [-0.25, -0.2) is 0 Å². The van der Waals surface area contributed by atoms with E-state index in [1.54, 1.807) is 6.07 Å². The first-order valence-corrected chi connectivity index (χ1v) is 7.39. The fourth-order valence-corrected chi connectivity index (χ4v) is 2.66. The highest BCUT2D eigenvalue weighted by atomic mass is 16.7. The Bertz CT molecular complexity index is 469. The van der Waals surface area contributed by atoms with Crippen LogP contribution in [-0.4, -0.2) is 36.6 Å². The quantitative estimate of drug-likeness (QED) is 0.718. The Morgan fingerprint density at radius 3 is 2.55 bits per heavy atom. The van der Waals surface area contributed by atoms with Crippen molar-refractivity contribution in [2.75, 3.05) is 19.9 Å². The van der Waals surface area contributed by atoms with Crippen LogP contribution in [0.2, 0.25) is 0 Å². The second kappa shape index (κ2) is 6.75. The smallest absolute Gasteiger partial charge is 0.231 e. The van der Waals surface area contributed by atoms with E-state index in [4.69, 9.17) is 9.47 Å². The van der Waals surface area contributed by atoms with Crippen LogP contribution in [0, 0.1) is 0 Å². The number of nitrogens with zero attached hydrogens (tertiary/aromatic N) is 1. The average molecular weight is 277 g/mol. The first kappa shape index (κ1) is 14.9. The second-order valence-corrected chi connectivity index (χ2v) is 4.96. The number of fused-ring (bicyclic) bond motifs is 1. The summed E-state index contributed by atoms with van der Waals surface area (Å²) in [6.45, 7) is 8.32. The van der Waals surface area contributed by atoms with Gasteiger partial charge in [-0.3, -0.25) is 9.69 Å². The van der Waals surface area contributed by atoms with E-state index in [-0.39, 0.29) is 18.6 Å². The Labute approximate surface area is 120 Å². The molecule has 1 heterocycles. The van der Waals surface area contributed by atoms with Gasteiger partial charge in [-0.05, 0) is 37.7 Å². The van der Waals surface area contributed by atoms with Crippen LogP contribution >= 0.6 is 0 Å². The van der Waals surface area contributed by atoms with Gasteiger partial charge in [0.2, 0.25) is 6.79 Å². The van der Waals surface area contributed by atoms with Gasteiger partial charge in [-0.1, -0.05) is 27.2 Å². The Morgan fingerprint density at radius 2 is 1.90 bits per heavy atom. The van der Waals surface area contributed by atoms with Crippen LogP contribution in [0.1, 0.15) is 44.0 Å². The van der Waals surface area contributed by atoms with E-state index in [1.807, 2.05) is 12.1 Å². The highest BCUT2D eigenvalue weighted by Gasteiger charge is 2.25. The summed E-state index contributed by atoms with van der Waals surface area (Å²) in [6.07, 6.45) is 1.88. The maximum absolute atomic E-state index is 12.8. The summed E-state index contributed by atoms with van der Waals surface area (Å²) in [7, 11) is 0. The Hall–Kier alpha value is -1.55. The fourth-order valence-electron chi connectivity index (χ4n) is 2.66.